The highest BCUT2D eigenvalue weighted by Gasteiger charge is 1.80. The van der Waals surface area contributed by atoms with Gasteiger partial charge < -0.3 is 0 Å². The average molecular weight is 200 g/mol. The van der Waals surface area contributed by atoms with Gasteiger partial charge in [-0.05, 0) is 39.3 Å². The normalized spacial score (nSPS) is 6.29. The van der Waals surface area contributed by atoms with Gasteiger partial charge in [0, 0.05) is 0 Å². The Labute approximate surface area is 88.7 Å². The summed E-state index contributed by atoms with van der Waals surface area (Å²) in [6, 6.07) is 0. The fourth-order valence-corrected chi connectivity index (χ4v) is 0.407. The Bertz CT molecular complexity index is 196. The highest BCUT2D eigenvalue weighted by atomic mass is 16.1. The number of allylic oxidation sites excluding steroid dienone is 3. The second-order valence-electron chi connectivity index (χ2n) is 2.80. The van der Waals surface area contributed by atoms with Gasteiger partial charge in [-0.15, -0.1) is 0 Å². The third-order valence-electron chi connectivity index (χ3n) is 0.693. The van der Waals surface area contributed by atoms with Crippen LogP contribution < -0.4 is 0 Å². The van der Waals surface area contributed by atoms with E-state index in [-0.39, 0.29) is 20.6 Å². The molecule has 0 aliphatic heterocycles. The highest BCUT2D eigenvalue weighted by molar-refractivity contribution is 5.87. The summed E-state index contributed by atoms with van der Waals surface area (Å²) in [4.78, 5) is 19.6. The molecule has 0 saturated heterocycles. The molecule has 0 atom stereocenters. The van der Waals surface area contributed by atoms with Crippen LogP contribution in [0.4, 0.5) is 0 Å². The van der Waals surface area contributed by atoms with Crippen molar-refractivity contribution >= 4 is 12.1 Å². The van der Waals surface area contributed by atoms with Crippen molar-refractivity contribution in [1.29, 1.82) is 0 Å². The van der Waals surface area contributed by atoms with E-state index in [0.717, 1.165) is 11.9 Å². The van der Waals surface area contributed by atoms with Crippen molar-refractivity contribution in [2.75, 3.05) is 0 Å². The molecule has 0 amide bonds. The van der Waals surface area contributed by atoms with Crippen LogP contribution in [0.15, 0.2) is 23.8 Å². The van der Waals surface area contributed by atoms with E-state index in [1.807, 2.05) is 13.8 Å². The minimum atomic E-state index is 0. The van der Waals surface area contributed by atoms with Gasteiger partial charge in [-0.3, -0.25) is 9.59 Å². The molecule has 0 aliphatic carbocycles. The van der Waals surface area contributed by atoms with Crippen molar-refractivity contribution in [3.8, 4) is 0 Å². The molecular formula is C12H24O2. The lowest BCUT2D eigenvalue weighted by atomic mass is 10.3. The van der Waals surface area contributed by atoms with Gasteiger partial charge in [-0.2, -0.15) is 0 Å². The maximum Gasteiger partial charge on any atom is 0.152 e. The maximum absolute atomic E-state index is 10.2. The van der Waals surface area contributed by atoms with Crippen LogP contribution in [0, 0.1) is 0 Å². The van der Waals surface area contributed by atoms with Gasteiger partial charge in [0.2, 0.25) is 0 Å². The smallest absolute Gasteiger partial charge is 0.152 e. The summed E-state index contributed by atoms with van der Waals surface area (Å²) in [5.41, 5.74) is 1.64. The predicted octanol–water partition coefficient (Wildman–Crippen LogP) is 3.58. The summed E-state index contributed by atoms with van der Waals surface area (Å²) < 4.78 is 0. The minimum absolute atomic E-state index is 0. The van der Waals surface area contributed by atoms with Crippen molar-refractivity contribution in [2.45, 2.75) is 42.5 Å². The molecule has 0 spiro atoms. The van der Waals surface area contributed by atoms with Gasteiger partial charge in [-0.25, -0.2) is 0 Å². The average Bonchev–Trinajstić information content (AvgIpc) is 1.85. The summed E-state index contributed by atoms with van der Waals surface area (Å²) in [5.74, 6) is 0.125. The van der Waals surface area contributed by atoms with Crippen LogP contribution in [-0.2, 0) is 9.59 Å². The summed E-state index contributed by atoms with van der Waals surface area (Å²) in [7, 11) is 0. The van der Waals surface area contributed by atoms with Crippen LogP contribution in [0.5, 0.6) is 0 Å². The van der Waals surface area contributed by atoms with Crippen molar-refractivity contribution < 1.29 is 9.59 Å². The zero-order valence-corrected chi connectivity index (χ0v) is 8.18. The number of hydrogen-bond donors (Lipinski definition) is 0. The summed E-state index contributed by atoms with van der Waals surface area (Å²) >= 11 is 0. The minimum Gasteiger partial charge on any atom is -0.298 e. The zero-order valence-electron chi connectivity index (χ0n) is 8.18. The van der Waals surface area contributed by atoms with Gasteiger partial charge in [0.25, 0.3) is 0 Å². The molecule has 0 aromatic heterocycles. The Morgan fingerprint density at radius 3 is 1.36 bits per heavy atom. The summed E-state index contributed by atoms with van der Waals surface area (Å²) in [5, 5.41) is 0. The Balaban J connectivity index is -0.0000000651. The number of ketones is 1. The van der Waals surface area contributed by atoms with Gasteiger partial charge in [-0.1, -0.05) is 27.0 Å². The molecule has 0 N–H and O–H groups in total. The van der Waals surface area contributed by atoms with Crippen LogP contribution in [0.3, 0.4) is 0 Å². The first-order valence-corrected chi connectivity index (χ1v) is 3.66. The summed E-state index contributed by atoms with van der Waals surface area (Å²) in [6.07, 6.45) is 2.33. The molecule has 0 rings (SSSR count). The SMILES string of the molecule is C.C.C=C(C)C=O.CC(=O)C=C(C)C. The molecule has 0 unspecified atom stereocenters. The van der Waals surface area contributed by atoms with E-state index in [1.54, 1.807) is 19.9 Å². The molecule has 0 radical (unpaired) electrons. The fraction of sp³-hybridized carbons (Fsp3) is 0.500. The Morgan fingerprint density at radius 2 is 1.36 bits per heavy atom. The van der Waals surface area contributed by atoms with Gasteiger partial charge in [0.15, 0.2) is 5.78 Å². The Morgan fingerprint density at radius 1 is 1.07 bits per heavy atom. The highest BCUT2D eigenvalue weighted by Crippen LogP contribution is 1.86. The van der Waals surface area contributed by atoms with E-state index in [4.69, 9.17) is 0 Å². The quantitative estimate of drug-likeness (QED) is 0.504. The second kappa shape index (κ2) is 14.3. The van der Waals surface area contributed by atoms with Crippen molar-refractivity contribution in [1.82, 2.24) is 0 Å². The molecule has 0 fully saturated rings. The predicted molar refractivity (Wildman–Crippen MR) is 64.5 cm³/mol. The van der Waals surface area contributed by atoms with E-state index >= 15 is 0 Å². The van der Waals surface area contributed by atoms with Gasteiger partial charge >= 0.3 is 0 Å². The number of hydrogen-bond acceptors (Lipinski definition) is 2. The van der Waals surface area contributed by atoms with Gasteiger partial charge in [0.1, 0.15) is 6.29 Å². The third kappa shape index (κ3) is 44.9. The second-order valence-corrected chi connectivity index (χ2v) is 2.80. The van der Waals surface area contributed by atoms with E-state index in [2.05, 4.69) is 6.58 Å². The Hall–Kier alpha value is -1.18. The standard InChI is InChI=1S/C6H10O.C4H6O.2CH4/c1-5(2)4-6(3)7;1-4(2)3-5;;/h4H,1-3H3;3H,1H2,2H3;2*1H4. The zero-order chi connectivity index (χ0) is 10.1. The first-order valence-electron chi connectivity index (χ1n) is 3.66. The lowest BCUT2D eigenvalue weighted by Gasteiger charge is -1.80. The van der Waals surface area contributed by atoms with Crippen LogP contribution >= 0.6 is 0 Å². The molecule has 0 heterocycles. The van der Waals surface area contributed by atoms with E-state index in [0.29, 0.717) is 5.57 Å². The fourth-order valence-electron chi connectivity index (χ4n) is 0.407. The van der Waals surface area contributed by atoms with Crippen molar-refractivity contribution in [3.63, 3.8) is 0 Å². The van der Waals surface area contributed by atoms with E-state index in [1.165, 1.54) is 0 Å². The monoisotopic (exact) mass is 200 g/mol. The number of carbonyl (C=O) groups excluding carboxylic acids is 2. The van der Waals surface area contributed by atoms with Crippen LogP contribution in [0.2, 0.25) is 0 Å². The van der Waals surface area contributed by atoms with E-state index in [9.17, 15) is 9.59 Å². The molecule has 0 aromatic rings. The van der Waals surface area contributed by atoms with Crippen LogP contribution in [0.25, 0.3) is 0 Å². The van der Waals surface area contributed by atoms with Crippen molar-refractivity contribution in [3.05, 3.63) is 23.8 Å². The van der Waals surface area contributed by atoms with Crippen molar-refractivity contribution in [2.24, 2.45) is 0 Å². The maximum atomic E-state index is 10.2. The topological polar surface area (TPSA) is 34.1 Å². The molecular weight excluding hydrogens is 176 g/mol. The number of carbonyl (C=O) groups is 2. The third-order valence-corrected chi connectivity index (χ3v) is 0.693. The molecule has 0 aromatic carbocycles. The van der Waals surface area contributed by atoms with E-state index < -0.39 is 0 Å². The number of rotatable bonds is 2. The Kier molecular flexibility index (Phi) is 23.6. The molecule has 84 valence electrons. The first kappa shape index (κ1) is 23.0. The lowest BCUT2D eigenvalue weighted by Crippen LogP contribution is -1.80. The van der Waals surface area contributed by atoms with Gasteiger partial charge in [0.05, 0.1) is 0 Å². The lowest BCUT2D eigenvalue weighted by molar-refractivity contribution is -0.112. The largest absolute Gasteiger partial charge is 0.298 e. The summed E-state index contributed by atoms with van der Waals surface area (Å²) in [6.45, 7) is 10.3. The molecule has 14 heavy (non-hydrogen) atoms. The molecule has 2 heteroatoms. The molecule has 0 saturated carbocycles. The molecule has 0 bridgehead atoms. The molecule has 0 aliphatic rings. The number of aldehydes is 1. The van der Waals surface area contributed by atoms with Crippen LogP contribution in [0.1, 0.15) is 42.5 Å². The van der Waals surface area contributed by atoms with Crippen LogP contribution in [-0.4, -0.2) is 12.1 Å². The molecule has 2 nitrogen and oxygen atoms in total. The first-order chi connectivity index (χ1) is 5.40.